The van der Waals surface area contributed by atoms with E-state index in [-0.39, 0.29) is 0 Å². The first-order chi connectivity index (χ1) is 9.79. The minimum absolute atomic E-state index is 0.291. The number of anilines is 1. The van der Waals surface area contributed by atoms with Gasteiger partial charge in [-0.05, 0) is 50.5 Å². The molecule has 0 amide bonds. The molecule has 1 aromatic rings. The standard InChI is InChI=1S/C16H22N2OS/c1-2-18-16(19-11-7-4-3-5-8-11)14-12-9-6-10-13(12)20-15(14)17/h2,11H,1,3-10,17H2. The third-order valence-electron chi connectivity index (χ3n) is 4.20. The molecule has 1 aromatic heterocycles. The van der Waals surface area contributed by atoms with E-state index in [0.717, 1.165) is 36.2 Å². The quantitative estimate of drug-likeness (QED) is 0.674. The van der Waals surface area contributed by atoms with Crippen LogP contribution in [-0.2, 0) is 17.6 Å². The fourth-order valence-electron chi connectivity index (χ4n) is 3.24. The van der Waals surface area contributed by atoms with Gasteiger partial charge < -0.3 is 10.5 Å². The Balaban J connectivity index is 1.87. The molecule has 2 aliphatic rings. The molecule has 0 unspecified atom stereocenters. The van der Waals surface area contributed by atoms with Crippen LogP contribution in [0.1, 0.15) is 54.5 Å². The van der Waals surface area contributed by atoms with E-state index in [1.807, 2.05) is 0 Å². The van der Waals surface area contributed by atoms with E-state index in [4.69, 9.17) is 10.5 Å². The normalized spacial score (nSPS) is 19.9. The fourth-order valence-corrected chi connectivity index (χ4v) is 4.39. The summed E-state index contributed by atoms with van der Waals surface area (Å²) in [6, 6.07) is 0. The number of aliphatic imine (C=N–C) groups is 1. The third-order valence-corrected chi connectivity index (χ3v) is 5.32. The Labute approximate surface area is 124 Å². The Morgan fingerprint density at radius 2 is 2.05 bits per heavy atom. The predicted molar refractivity (Wildman–Crippen MR) is 85.4 cm³/mol. The van der Waals surface area contributed by atoms with Crippen molar-refractivity contribution in [3.63, 3.8) is 0 Å². The van der Waals surface area contributed by atoms with Crippen LogP contribution in [0, 0.1) is 0 Å². The van der Waals surface area contributed by atoms with Gasteiger partial charge in [0.05, 0.1) is 10.6 Å². The Morgan fingerprint density at radius 3 is 2.80 bits per heavy atom. The lowest BCUT2D eigenvalue weighted by molar-refractivity contribution is 0.144. The maximum absolute atomic E-state index is 6.21. The van der Waals surface area contributed by atoms with Crippen LogP contribution < -0.4 is 5.73 Å². The number of nitrogens with two attached hydrogens (primary N) is 1. The molecular formula is C16H22N2OS. The summed E-state index contributed by atoms with van der Waals surface area (Å²) in [6.45, 7) is 3.72. The SMILES string of the molecule is C=CN=C(OC1CCCCC1)c1c(N)sc2c1CCC2. The smallest absolute Gasteiger partial charge is 0.224 e. The number of ether oxygens (including phenoxy) is 1. The molecule has 0 aromatic carbocycles. The van der Waals surface area contributed by atoms with Crippen LogP contribution in [0.3, 0.4) is 0 Å². The molecule has 1 heterocycles. The van der Waals surface area contributed by atoms with Gasteiger partial charge >= 0.3 is 0 Å². The van der Waals surface area contributed by atoms with Gasteiger partial charge in [0.1, 0.15) is 6.10 Å². The second-order valence-corrected chi connectivity index (χ2v) is 6.73. The summed E-state index contributed by atoms with van der Waals surface area (Å²) < 4.78 is 6.19. The molecule has 1 saturated carbocycles. The number of nitrogens with zero attached hydrogens (tertiary/aromatic N) is 1. The molecule has 0 aliphatic heterocycles. The van der Waals surface area contributed by atoms with Crippen LogP contribution in [0.2, 0.25) is 0 Å². The molecule has 0 atom stereocenters. The number of fused-ring (bicyclic) bond motifs is 1. The number of nitrogen functional groups attached to an aromatic ring is 1. The minimum atomic E-state index is 0.291. The van der Waals surface area contributed by atoms with Crippen molar-refractivity contribution >= 4 is 22.2 Å². The summed E-state index contributed by atoms with van der Waals surface area (Å²) in [5.41, 5.74) is 8.63. The molecule has 3 rings (SSSR count). The van der Waals surface area contributed by atoms with Crippen LogP contribution >= 0.6 is 11.3 Å². The molecule has 0 radical (unpaired) electrons. The Morgan fingerprint density at radius 1 is 1.25 bits per heavy atom. The number of thiophene rings is 1. The molecule has 0 spiro atoms. The summed E-state index contributed by atoms with van der Waals surface area (Å²) in [6.07, 6.45) is 11.4. The number of aryl methyl sites for hydroxylation is 1. The molecule has 20 heavy (non-hydrogen) atoms. The van der Waals surface area contributed by atoms with Gasteiger partial charge in [0, 0.05) is 11.1 Å². The van der Waals surface area contributed by atoms with Gasteiger partial charge in [-0.25, -0.2) is 4.99 Å². The van der Waals surface area contributed by atoms with Crippen molar-refractivity contribution in [1.29, 1.82) is 0 Å². The zero-order valence-electron chi connectivity index (χ0n) is 11.9. The highest BCUT2D eigenvalue weighted by atomic mass is 32.1. The summed E-state index contributed by atoms with van der Waals surface area (Å²) in [7, 11) is 0. The highest BCUT2D eigenvalue weighted by Gasteiger charge is 2.27. The molecule has 108 valence electrons. The maximum atomic E-state index is 6.21. The highest BCUT2D eigenvalue weighted by molar-refractivity contribution is 7.16. The van der Waals surface area contributed by atoms with Gasteiger partial charge in [0.25, 0.3) is 0 Å². The lowest BCUT2D eigenvalue weighted by atomic mass is 9.97. The number of hydrogen-bond acceptors (Lipinski definition) is 4. The molecule has 0 saturated heterocycles. The van der Waals surface area contributed by atoms with Gasteiger partial charge in [-0.3, -0.25) is 0 Å². The molecule has 2 aliphatic carbocycles. The minimum Gasteiger partial charge on any atom is -0.474 e. The summed E-state index contributed by atoms with van der Waals surface area (Å²) in [4.78, 5) is 5.80. The molecule has 1 fully saturated rings. The molecule has 4 heteroatoms. The lowest BCUT2D eigenvalue weighted by Gasteiger charge is -2.24. The predicted octanol–water partition coefficient (Wildman–Crippen LogP) is 4.06. The average Bonchev–Trinajstić information content (AvgIpc) is 2.99. The molecule has 3 nitrogen and oxygen atoms in total. The summed E-state index contributed by atoms with van der Waals surface area (Å²) >= 11 is 1.70. The molecule has 2 N–H and O–H groups in total. The third kappa shape index (κ3) is 2.62. The highest BCUT2D eigenvalue weighted by Crippen LogP contribution is 2.38. The molecule has 0 bridgehead atoms. The van der Waals surface area contributed by atoms with Crippen molar-refractivity contribution in [3.05, 3.63) is 28.8 Å². The van der Waals surface area contributed by atoms with Crippen LogP contribution in [0.5, 0.6) is 0 Å². The van der Waals surface area contributed by atoms with Crippen LogP contribution in [0.15, 0.2) is 17.8 Å². The Hall–Kier alpha value is -1.29. The topological polar surface area (TPSA) is 47.6 Å². The van der Waals surface area contributed by atoms with Crippen molar-refractivity contribution in [1.82, 2.24) is 0 Å². The first-order valence-electron chi connectivity index (χ1n) is 7.55. The van der Waals surface area contributed by atoms with Crippen LogP contribution in [0.4, 0.5) is 5.00 Å². The van der Waals surface area contributed by atoms with Crippen molar-refractivity contribution in [2.45, 2.75) is 57.5 Å². The van der Waals surface area contributed by atoms with Crippen molar-refractivity contribution < 1.29 is 4.74 Å². The maximum Gasteiger partial charge on any atom is 0.224 e. The number of rotatable bonds is 3. The van der Waals surface area contributed by atoms with E-state index in [0.29, 0.717) is 12.0 Å². The Kier molecular flexibility index (Phi) is 4.10. The zero-order chi connectivity index (χ0) is 13.9. The van der Waals surface area contributed by atoms with Crippen LogP contribution in [0.25, 0.3) is 0 Å². The lowest BCUT2D eigenvalue weighted by Crippen LogP contribution is -2.22. The van der Waals surface area contributed by atoms with Gasteiger partial charge in [-0.2, -0.15) is 0 Å². The second-order valence-electron chi connectivity index (χ2n) is 5.59. The second kappa shape index (κ2) is 6.00. The Bertz CT molecular complexity index is 527. The van der Waals surface area contributed by atoms with Crippen molar-refractivity contribution in [3.8, 4) is 0 Å². The van der Waals surface area contributed by atoms with Gasteiger partial charge in [0.15, 0.2) is 0 Å². The van der Waals surface area contributed by atoms with E-state index in [1.54, 1.807) is 17.5 Å². The van der Waals surface area contributed by atoms with Crippen molar-refractivity contribution in [2.24, 2.45) is 4.99 Å². The molecular weight excluding hydrogens is 268 g/mol. The summed E-state index contributed by atoms with van der Waals surface area (Å²) in [5, 5.41) is 0.853. The summed E-state index contributed by atoms with van der Waals surface area (Å²) in [5.74, 6) is 0.698. The van der Waals surface area contributed by atoms with Gasteiger partial charge in [-0.15, -0.1) is 11.3 Å². The van der Waals surface area contributed by atoms with Gasteiger partial charge in [0.2, 0.25) is 5.90 Å². The first kappa shape index (κ1) is 13.7. The zero-order valence-corrected chi connectivity index (χ0v) is 12.7. The van der Waals surface area contributed by atoms with Crippen molar-refractivity contribution in [2.75, 3.05) is 5.73 Å². The number of hydrogen-bond donors (Lipinski definition) is 1. The first-order valence-corrected chi connectivity index (χ1v) is 8.37. The largest absolute Gasteiger partial charge is 0.474 e. The van der Waals surface area contributed by atoms with E-state index >= 15 is 0 Å². The fraction of sp³-hybridized carbons (Fsp3) is 0.562. The van der Waals surface area contributed by atoms with E-state index in [2.05, 4.69) is 11.6 Å². The van der Waals surface area contributed by atoms with E-state index in [1.165, 1.54) is 36.1 Å². The van der Waals surface area contributed by atoms with E-state index in [9.17, 15) is 0 Å². The van der Waals surface area contributed by atoms with E-state index < -0.39 is 0 Å². The average molecular weight is 290 g/mol. The monoisotopic (exact) mass is 290 g/mol. The van der Waals surface area contributed by atoms with Crippen LogP contribution in [-0.4, -0.2) is 12.0 Å². The van der Waals surface area contributed by atoms with Gasteiger partial charge in [-0.1, -0.05) is 13.0 Å².